The highest BCUT2D eigenvalue weighted by Crippen LogP contribution is 2.38. The van der Waals surface area contributed by atoms with Crippen LogP contribution >= 0.6 is 0 Å². The van der Waals surface area contributed by atoms with Crippen molar-refractivity contribution in [2.24, 2.45) is 5.92 Å². The molecule has 0 aliphatic heterocycles. The molecule has 118 valence electrons. The lowest BCUT2D eigenvalue weighted by molar-refractivity contribution is -0.384. The van der Waals surface area contributed by atoms with Gasteiger partial charge in [0.05, 0.1) is 25.2 Å². The van der Waals surface area contributed by atoms with Gasteiger partial charge in [0.15, 0.2) is 11.5 Å². The molecule has 0 heterocycles. The largest absolute Gasteiger partial charge is 0.493 e. The number of ether oxygens (including phenoxy) is 2. The number of methoxy groups -OCH3 is 2. The molecule has 0 amide bonds. The Balaban J connectivity index is 3.22. The highest BCUT2D eigenvalue weighted by atomic mass is 16.6. The maximum atomic E-state index is 11.2. The summed E-state index contributed by atoms with van der Waals surface area (Å²) >= 11 is 0. The fourth-order valence-corrected chi connectivity index (χ4v) is 2.05. The second-order valence-corrected chi connectivity index (χ2v) is 4.99. The van der Waals surface area contributed by atoms with Crippen molar-refractivity contribution < 1.29 is 19.5 Å². The van der Waals surface area contributed by atoms with E-state index in [2.05, 4.69) is 5.32 Å². The van der Waals surface area contributed by atoms with Crippen molar-refractivity contribution in [3.8, 4) is 11.5 Å². The molecule has 0 aliphatic rings. The van der Waals surface area contributed by atoms with Gasteiger partial charge in [-0.1, -0.05) is 13.8 Å². The first kappa shape index (κ1) is 17.0. The van der Waals surface area contributed by atoms with Gasteiger partial charge in [-0.2, -0.15) is 0 Å². The molecule has 21 heavy (non-hydrogen) atoms. The van der Waals surface area contributed by atoms with Crippen molar-refractivity contribution in [3.63, 3.8) is 0 Å². The topological polar surface area (TPSA) is 93.9 Å². The lowest BCUT2D eigenvalue weighted by Gasteiger charge is -2.23. The fraction of sp³-hybridized carbons (Fsp3) is 0.571. The Bertz CT molecular complexity index is 490. The van der Waals surface area contributed by atoms with Crippen LogP contribution in [0.25, 0.3) is 0 Å². The highest BCUT2D eigenvalue weighted by Gasteiger charge is 2.22. The van der Waals surface area contributed by atoms with Crippen LogP contribution in [0.4, 0.5) is 11.4 Å². The quantitative estimate of drug-likeness (QED) is 0.565. The summed E-state index contributed by atoms with van der Waals surface area (Å²) in [5, 5.41) is 23.4. The van der Waals surface area contributed by atoms with E-state index in [4.69, 9.17) is 14.6 Å². The van der Waals surface area contributed by atoms with Crippen LogP contribution in [0.3, 0.4) is 0 Å². The van der Waals surface area contributed by atoms with Crippen LogP contribution in [0, 0.1) is 16.0 Å². The average Bonchev–Trinajstić information content (AvgIpc) is 2.45. The predicted molar refractivity (Wildman–Crippen MR) is 80.2 cm³/mol. The number of hydrogen-bond donors (Lipinski definition) is 2. The summed E-state index contributed by atoms with van der Waals surface area (Å²) in [4.78, 5) is 10.7. The number of nitro groups is 1. The van der Waals surface area contributed by atoms with Crippen molar-refractivity contribution in [1.29, 1.82) is 0 Å². The summed E-state index contributed by atoms with van der Waals surface area (Å²) in [5.74, 6) is 0.931. The van der Waals surface area contributed by atoms with E-state index >= 15 is 0 Å². The van der Waals surface area contributed by atoms with E-state index in [0.29, 0.717) is 23.6 Å². The van der Waals surface area contributed by atoms with Crippen molar-refractivity contribution in [1.82, 2.24) is 0 Å². The molecule has 0 radical (unpaired) electrons. The number of anilines is 1. The summed E-state index contributed by atoms with van der Waals surface area (Å²) in [7, 11) is 2.90. The van der Waals surface area contributed by atoms with Gasteiger partial charge in [0.25, 0.3) is 5.69 Å². The summed E-state index contributed by atoms with van der Waals surface area (Å²) in [5.41, 5.74) is 0.265. The van der Waals surface area contributed by atoms with Crippen LogP contribution in [0.15, 0.2) is 12.1 Å². The monoisotopic (exact) mass is 298 g/mol. The predicted octanol–water partition coefficient (Wildman–Crippen LogP) is 2.43. The Morgan fingerprint density at radius 1 is 1.29 bits per heavy atom. The Hall–Kier alpha value is -2.02. The second-order valence-electron chi connectivity index (χ2n) is 4.99. The zero-order valence-corrected chi connectivity index (χ0v) is 12.8. The van der Waals surface area contributed by atoms with Crippen molar-refractivity contribution >= 4 is 11.4 Å². The fourth-order valence-electron chi connectivity index (χ4n) is 2.05. The first-order valence-electron chi connectivity index (χ1n) is 6.72. The Morgan fingerprint density at radius 2 is 1.86 bits per heavy atom. The summed E-state index contributed by atoms with van der Waals surface area (Å²) < 4.78 is 10.3. The average molecular weight is 298 g/mol. The third-order valence-corrected chi connectivity index (χ3v) is 3.28. The van der Waals surface area contributed by atoms with Crippen LogP contribution in [0.5, 0.6) is 11.5 Å². The van der Waals surface area contributed by atoms with E-state index in [9.17, 15) is 10.1 Å². The molecular weight excluding hydrogens is 276 g/mol. The van der Waals surface area contributed by atoms with Crippen molar-refractivity contribution in [2.75, 3.05) is 26.1 Å². The van der Waals surface area contributed by atoms with E-state index in [1.807, 2.05) is 13.8 Å². The first-order chi connectivity index (χ1) is 9.94. The zero-order chi connectivity index (χ0) is 16.0. The van der Waals surface area contributed by atoms with Gasteiger partial charge in [0, 0.05) is 18.7 Å². The van der Waals surface area contributed by atoms with Crippen LogP contribution in [0.1, 0.15) is 20.3 Å². The number of benzene rings is 1. The molecule has 0 saturated carbocycles. The molecule has 1 aromatic rings. The number of rotatable bonds is 8. The van der Waals surface area contributed by atoms with E-state index in [-0.39, 0.29) is 24.3 Å². The second kappa shape index (κ2) is 7.68. The van der Waals surface area contributed by atoms with Gasteiger partial charge in [0.2, 0.25) is 0 Å². The molecule has 1 unspecified atom stereocenters. The molecule has 1 aromatic carbocycles. The van der Waals surface area contributed by atoms with E-state index in [1.165, 1.54) is 20.3 Å². The maximum absolute atomic E-state index is 11.2. The number of nitro benzene ring substituents is 1. The van der Waals surface area contributed by atoms with Gasteiger partial charge in [-0.3, -0.25) is 10.1 Å². The maximum Gasteiger partial charge on any atom is 0.296 e. The van der Waals surface area contributed by atoms with Crippen LogP contribution in [0.2, 0.25) is 0 Å². The number of nitrogens with zero attached hydrogens (tertiary/aromatic N) is 1. The number of aliphatic hydroxyl groups excluding tert-OH is 1. The van der Waals surface area contributed by atoms with Crippen molar-refractivity contribution in [2.45, 2.75) is 26.3 Å². The smallest absolute Gasteiger partial charge is 0.296 e. The van der Waals surface area contributed by atoms with Gasteiger partial charge in [-0.05, 0) is 12.3 Å². The molecule has 1 atom stereocenters. The molecule has 0 fully saturated rings. The van der Waals surface area contributed by atoms with Crippen molar-refractivity contribution in [3.05, 3.63) is 22.2 Å². The highest BCUT2D eigenvalue weighted by molar-refractivity contribution is 5.68. The number of hydrogen-bond acceptors (Lipinski definition) is 6. The summed E-state index contributed by atoms with van der Waals surface area (Å²) in [6, 6.07) is 2.80. The first-order valence-corrected chi connectivity index (χ1v) is 6.72. The molecule has 0 aliphatic carbocycles. The standard InChI is InChI=1S/C14H22N2O5/c1-9(2)10(5-6-17)15-11-7-13(20-3)14(21-4)8-12(11)16(18)19/h7-10,15,17H,5-6H2,1-4H3. The van der Waals surface area contributed by atoms with Gasteiger partial charge in [-0.25, -0.2) is 0 Å². The van der Waals surface area contributed by atoms with Gasteiger partial charge in [-0.15, -0.1) is 0 Å². The molecule has 7 heteroatoms. The molecule has 7 nitrogen and oxygen atoms in total. The van der Waals surface area contributed by atoms with E-state index in [0.717, 1.165) is 0 Å². The number of nitrogens with one attached hydrogen (secondary N) is 1. The molecule has 0 saturated heterocycles. The molecular formula is C14H22N2O5. The lowest BCUT2D eigenvalue weighted by Crippen LogP contribution is -2.27. The molecule has 2 N–H and O–H groups in total. The molecule has 0 bridgehead atoms. The zero-order valence-electron chi connectivity index (χ0n) is 12.8. The van der Waals surface area contributed by atoms with Gasteiger partial charge < -0.3 is 19.9 Å². The summed E-state index contributed by atoms with van der Waals surface area (Å²) in [6.45, 7) is 3.98. The van der Waals surface area contributed by atoms with E-state index in [1.54, 1.807) is 6.07 Å². The molecule has 0 aromatic heterocycles. The van der Waals surface area contributed by atoms with Crippen LogP contribution in [-0.4, -0.2) is 36.9 Å². The minimum Gasteiger partial charge on any atom is -0.493 e. The Labute approximate surface area is 124 Å². The third kappa shape index (κ3) is 4.22. The molecule has 1 rings (SSSR count). The SMILES string of the molecule is COc1cc(NC(CCO)C(C)C)c([N+](=O)[O-])cc1OC. The minimum atomic E-state index is -0.472. The normalized spacial score (nSPS) is 12.1. The van der Waals surface area contributed by atoms with Gasteiger partial charge >= 0.3 is 0 Å². The Morgan fingerprint density at radius 3 is 2.29 bits per heavy atom. The minimum absolute atomic E-state index is 0.0108. The van der Waals surface area contributed by atoms with E-state index < -0.39 is 4.92 Å². The summed E-state index contributed by atoms with van der Waals surface area (Å²) in [6.07, 6.45) is 0.503. The molecule has 0 spiro atoms. The van der Waals surface area contributed by atoms with Crippen LogP contribution < -0.4 is 14.8 Å². The van der Waals surface area contributed by atoms with Gasteiger partial charge in [0.1, 0.15) is 5.69 Å². The third-order valence-electron chi connectivity index (χ3n) is 3.28. The number of aliphatic hydroxyl groups is 1. The lowest BCUT2D eigenvalue weighted by atomic mass is 10.0. The van der Waals surface area contributed by atoms with Crippen LogP contribution in [-0.2, 0) is 0 Å². The Kier molecular flexibility index (Phi) is 6.23.